The molecule has 7 heteroatoms. The van der Waals surface area contributed by atoms with Gasteiger partial charge < -0.3 is 0 Å². The lowest BCUT2D eigenvalue weighted by molar-refractivity contribution is -0.00763. The van der Waals surface area contributed by atoms with Crippen LogP contribution in [-0.4, -0.2) is 32.1 Å². The lowest BCUT2D eigenvalue weighted by Gasteiger charge is -2.03. The summed E-state index contributed by atoms with van der Waals surface area (Å²) >= 11 is 0. The zero-order valence-corrected chi connectivity index (χ0v) is 5.75. The molecular formula is C2H8FNO4S. The van der Waals surface area contributed by atoms with Crippen molar-refractivity contribution in [3.8, 4) is 0 Å². The molecule has 0 aromatic heterocycles. The molecule has 58 valence electrons. The van der Waals surface area contributed by atoms with Crippen molar-refractivity contribution in [3.63, 3.8) is 0 Å². The quantitative estimate of drug-likeness (QED) is 0.434. The van der Waals surface area contributed by atoms with Gasteiger partial charge >= 0.3 is 10.4 Å². The Bertz CT molecular complexity index is 152. The topological polar surface area (TPSA) is 66.8 Å². The van der Waals surface area contributed by atoms with Crippen molar-refractivity contribution < 1.29 is 22.0 Å². The molecule has 0 saturated heterocycles. The van der Waals surface area contributed by atoms with Crippen LogP contribution in [0, 0.1) is 0 Å². The van der Waals surface area contributed by atoms with Gasteiger partial charge in [0.2, 0.25) is 0 Å². The van der Waals surface area contributed by atoms with E-state index in [-0.39, 0.29) is 4.70 Å². The first-order valence-electron chi connectivity index (χ1n) is 1.76. The van der Waals surface area contributed by atoms with Gasteiger partial charge in [0, 0.05) is 14.1 Å². The Morgan fingerprint density at radius 1 is 1.44 bits per heavy atom. The van der Waals surface area contributed by atoms with Crippen molar-refractivity contribution in [1.29, 1.82) is 0 Å². The Morgan fingerprint density at radius 3 is 1.78 bits per heavy atom. The first kappa shape index (κ1) is 11.5. The molecule has 0 amide bonds. The number of hydrogen-bond acceptors (Lipinski definition) is 4. The second-order valence-corrected chi connectivity index (χ2v) is 2.32. The maximum absolute atomic E-state index is 9.73. The molecule has 0 unspecified atom stereocenters. The summed E-state index contributed by atoms with van der Waals surface area (Å²) in [6.45, 7) is 0. The van der Waals surface area contributed by atoms with Crippen molar-refractivity contribution in [2.24, 2.45) is 0 Å². The molecule has 0 aromatic rings. The SMILES string of the molecule is CN(C)OS(=O)(=O)O.F. The number of rotatable bonds is 2. The number of nitrogens with zero attached hydrogens (tertiary/aromatic N) is 1. The van der Waals surface area contributed by atoms with Crippen LogP contribution in [0.1, 0.15) is 0 Å². The van der Waals surface area contributed by atoms with E-state index in [1.165, 1.54) is 14.1 Å². The minimum atomic E-state index is -4.30. The van der Waals surface area contributed by atoms with E-state index in [1.54, 1.807) is 0 Å². The smallest absolute Gasteiger partial charge is 0.269 e. The molecule has 0 fully saturated rings. The van der Waals surface area contributed by atoms with Crippen molar-refractivity contribution in [3.05, 3.63) is 0 Å². The third-order valence-electron chi connectivity index (χ3n) is 0.243. The van der Waals surface area contributed by atoms with Gasteiger partial charge in [-0.2, -0.15) is 17.8 Å². The minimum absolute atomic E-state index is 0. The van der Waals surface area contributed by atoms with Gasteiger partial charge in [-0.25, -0.2) is 0 Å². The summed E-state index contributed by atoms with van der Waals surface area (Å²) in [5, 5.41) is 0.870. The van der Waals surface area contributed by atoms with E-state index >= 15 is 0 Å². The van der Waals surface area contributed by atoms with Gasteiger partial charge in [-0.15, -0.1) is 0 Å². The summed E-state index contributed by atoms with van der Waals surface area (Å²) in [5.41, 5.74) is 0. The van der Waals surface area contributed by atoms with Crippen LogP contribution in [-0.2, 0) is 14.7 Å². The van der Waals surface area contributed by atoms with Crippen LogP contribution < -0.4 is 0 Å². The molecular weight excluding hydrogens is 153 g/mol. The van der Waals surface area contributed by atoms with E-state index in [4.69, 9.17) is 4.55 Å². The maximum atomic E-state index is 9.73. The average molecular weight is 161 g/mol. The third-order valence-corrected chi connectivity index (χ3v) is 0.730. The predicted octanol–water partition coefficient (Wildman–Crippen LogP) is -0.565. The zero-order valence-electron chi connectivity index (χ0n) is 4.94. The van der Waals surface area contributed by atoms with Crippen LogP contribution >= 0.6 is 0 Å². The van der Waals surface area contributed by atoms with E-state index in [9.17, 15) is 8.42 Å². The molecule has 0 spiro atoms. The summed E-state index contributed by atoms with van der Waals surface area (Å²) in [4.78, 5) is 0. The first-order valence-corrected chi connectivity index (χ1v) is 3.12. The van der Waals surface area contributed by atoms with E-state index in [0.717, 1.165) is 5.06 Å². The number of hydroxylamine groups is 2. The van der Waals surface area contributed by atoms with Crippen LogP contribution in [0.4, 0.5) is 4.70 Å². The zero-order chi connectivity index (χ0) is 6.78. The van der Waals surface area contributed by atoms with Gasteiger partial charge in [-0.1, -0.05) is 0 Å². The molecule has 0 saturated carbocycles. The van der Waals surface area contributed by atoms with E-state index in [1.807, 2.05) is 0 Å². The van der Waals surface area contributed by atoms with Crippen molar-refractivity contribution in [1.82, 2.24) is 5.06 Å². The van der Waals surface area contributed by atoms with Crippen LogP contribution in [0.5, 0.6) is 0 Å². The largest absolute Gasteiger partial charge is 0.413 e. The summed E-state index contributed by atoms with van der Waals surface area (Å²) in [6, 6.07) is 0. The Labute approximate surface area is 52.5 Å². The van der Waals surface area contributed by atoms with Gasteiger partial charge in [0.05, 0.1) is 0 Å². The second kappa shape index (κ2) is 3.72. The van der Waals surface area contributed by atoms with E-state index in [2.05, 4.69) is 4.28 Å². The lowest BCUT2D eigenvalue weighted by Crippen LogP contribution is -2.17. The normalized spacial score (nSPS) is 11.1. The van der Waals surface area contributed by atoms with Crippen LogP contribution in [0.3, 0.4) is 0 Å². The number of hydrogen-bond donors (Lipinski definition) is 1. The van der Waals surface area contributed by atoms with Crippen LogP contribution in [0.2, 0.25) is 0 Å². The van der Waals surface area contributed by atoms with Crippen molar-refractivity contribution in [2.75, 3.05) is 14.1 Å². The molecule has 0 aliphatic rings. The highest BCUT2D eigenvalue weighted by Crippen LogP contribution is 1.85. The Balaban J connectivity index is 0. The van der Waals surface area contributed by atoms with E-state index < -0.39 is 10.4 Å². The first-order chi connectivity index (χ1) is 3.42. The Hall–Kier alpha value is -0.240. The van der Waals surface area contributed by atoms with Crippen LogP contribution in [0.15, 0.2) is 0 Å². The molecule has 0 aliphatic heterocycles. The summed E-state index contributed by atoms with van der Waals surface area (Å²) in [6.07, 6.45) is 0. The molecule has 9 heavy (non-hydrogen) atoms. The highest BCUT2D eigenvalue weighted by atomic mass is 32.3. The van der Waals surface area contributed by atoms with Gasteiger partial charge in [-0.3, -0.25) is 9.26 Å². The Kier molecular flexibility index (Phi) is 4.77. The molecule has 0 aliphatic carbocycles. The fourth-order valence-electron chi connectivity index (χ4n) is 0.188. The second-order valence-electron chi connectivity index (χ2n) is 1.31. The highest BCUT2D eigenvalue weighted by molar-refractivity contribution is 7.80. The van der Waals surface area contributed by atoms with Gasteiger partial charge in [0.25, 0.3) is 0 Å². The summed E-state index contributed by atoms with van der Waals surface area (Å²) < 4.78 is 31.2. The highest BCUT2D eigenvalue weighted by Gasteiger charge is 2.04. The summed E-state index contributed by atoms with van der Waals surface area (Å²) in [5.74, 6) is 0. The predicted molar refractivity (Wildman–Crippen MR) is 28.8 cm³/mol. The number of halogens is 1. The fourth-order valence-corrected chi connectivity index (χ4v) is 0.565. The Morgan fingerprint density at radius 2 is 1.78 bits per heavy atom. The van der Waals surface area contributed by atoms with Crippen molar-refractivity contribution >= 4 is 10.4 Å². The minimum Gasteiger partial charge on any atom is -0.269 e. The molecule has 0 heterocycles. The lowest BCUT2D eigenvalue weighted by atomic mass is 11.2. The average Bonchev–Trinajstić information content (AvgIpc) is 1.21. The van der Waals surface area contributed by atoms with E-state index in [0.29, 0.717) is 0 Å². The fraction of sp³-hybridized carbons (Fsp3) is 1.00. The maximum Gasteiger partial charge on any atom is 0.413 e. The molecule has 1 N–H and O–H groups in total. The molecule has 0 radical (unpaired) electrons. The van der Waals surface area contributed by atoms with Crippen molar-refractivity contribution in [2.45, 2.75) is 0 Å². The monoisotopic (exact) mass is 161 g/mol. The molecule has 0 aromatic carbocycles. The molecule has 0 rings (SSSR count). The van der Waals surface area contributed by atoms with Gasteiger partial charge in [-0.05, 0) is 0 Å². The molecule has 0 bridgehead atoms. The molecule has 5 nitrogen and oxygen atoms in total. The molecule has 0 atom stereocenters. The van der Waals surface area contributed by atoms with Gasteiger partial charge in [0.1, 0.15) is 0 Å². The van der Waals surface area contributed by atoms with Crippen LogP contribution in [0.25, 0.3) is 0 Å². The van der Waals surface area contributed by atoms with Gasteiger partial charge in [0.15, 0.2) is 0 Å². The summed E-state index contributed by atoms with van der Waals surface area (Å²) in [7, 11) is -1.62. The third kappa shape index (κ3) is 11.4. The standard InChI is InChI=1S/C2H7NO4S.FH/c1-3(2)7-8(4,5)6;/h1-2H3,(H,4,5,6);1H.